The van der Waals surface area contributed by atoms with Gasteiger partial charge in [-0.2, -0.15) is 0 Å². The van der Waals surface area contributed by atoms with Crippen molar-refractivity contribution in [3.05, 3.63) is 41.5 Å². The van der Waals surface area contributed by atoms with Crippen molar-refractivity contribution < 1.29 is 24.3 Å². The number of carbonyl (C=O) groups is 4. The minimum atomic E-state index is -0.668. The number of allylic oxidation sites excluding steroid dienone is 2. The highest BCUT2D eigenvalue weighted by molar-refractivity contribution is 6.08. The minimum Gasteiger partial charge on any atom is -0.508 e. The van der Waals surface area contributed by atoms with Gasteiger partial charge in [-0.1, -0.05) is 23.8 Å². The summed E-state index contributed by atoms with van der Waals surface area (Å²) in [6, 6.07) is 6.84. The van der Waals surface area contributed by atoms with E-state index >= 15 is 0 Å². The van der Waals surface area contributed by atoms with E-state index < -0.39 is 40.7 Å². The van der Waals surface area contributed by atoms with Crippen LogP contribution in [0.2, 0.25) is 0 Å². The van der Waals surface area contributed by atoms with Crippen molar-refractivity contribution in [2.45, 2.75) is 71.4 Å². The lowest BCUT2D eigenvalue weighted by molar-refractivity contribution is -0.147. The number of hydrogen-bond acceptors (Lipinski definition) is 5. The highest BCUT2D eigenvalue weighted by atomic mass is 16.3. The molecule has 2 aliphatic heterocycles. The Morgan fingerprint density at radius 2 is 1.34 bits per heavy atom. The first-order valence-electron chi connectivity index (χ1n) is 12.5. The van der Waals surface area contributed by atoms with Crippen LogP contribution in [-0.4, -0.2) is 49.6 Å². The van der Waals surface area contributed by atoms with Crippen LogP contribution in [-0.2, 0) is 19.2 Å². The summed E-state index contributed by atoms with van der Waals surface area (Å²) in [5.74, 6) is -3.51. The van der Waals surface area contributed by atoms with Crippen LogP contribution in [0.1, 0.15) is 65.9 Å². The third kappa shape index (κ3) is 3.38. The topological polar surface area (TPSA) is 95.0 Å². The van der Waals surface area contributed by atoms with E-state index in [1.165, 1.54) is 9.80 Å². The molecule has 4 aliphatic rings. The summed E-state index contributed by atoms with van der Waals surface area (Å²) in [5.41, 5.74) is 0.414. The second kappa shape index (κ2) is 7.52. The molecule has 2 aliphatic carbocycles. The van der Waals surface area contributed by atoms with Gasteiger partial charge in [0.2, 0.25) is 23.6 Å². The number of amides is 4. The SMILES string of the molecule is CC(C)(C)N1C(=O)C2CC=C3C(CC4C(=O)N(C(C)(C)C)C(=O)C4C3c3cccc(O)c3)C2C1=O. The van der Waals surface area contributed by atoms with Crippen LogP contribution in [0, 0.1) is 29.6 Å². The summed E-state index contributed by atoms with van der Waals surface area (Å²) in [6.45, 7) is 11.1. The first kappa shape index (κ1) is 23.8. The molecule has 6 atom stereocenters. The van der Waals surface area contributed by atoms with Crippen LogP contribution in [0.25, 0.3) is 0 Å². The number of fused-ring (bicyclic) bond motifs is 4. The van der Waals surface area contributed by atoms with Crippen LogP contribution >= 0.6 is 0 Å². The van der Waals surface area contributed by atoms with E-state index in [4.69, 9.17) is 0 Å². The van der Waals surface area contributed by atoms with Gasteiger partial charge >= 0.3 is 0 Å². The van der Waals surface area contributed by atoms with Crippen LogP contribution in [0.5, 0.6) is 5.75 Å². The molecule has 35 heavy (non-hydrogen) atoms. The zero-order valence-electron chi connectivity index (χ0n) is 21.2. The lowest BCUT2D eigenvalue weighted by Gasteiger charge is -2.44. The largest absolute Gasteiger partial charge is 0.508 e. The number of phenolic OH excluding ortho intramolecular Hbond substituents is 1. The number of phenols is 1. The van der Waals surface area contributed by atoms with Gasteiger partial charge in [-0.25, -0.2) is 0 Å². The Morgan fingerprint density at radius 1 is 0.771 bits per heavy atom. The molecule has 1 N–H and O–H groups in total. The Balaban J connectivity index is 1.65. The van der Waals surface area contributed by atoms with Gasteiger partial charge < -0.3 is 5.11 Å². The molecular weight excluding hydrogens is 444 g/mol. The van der Waals surface area contributed by atoms with Gasteiger partial charge in [0.25, 0.3) is 0 Å². The molecule has 6 unspecified atom stereocenters. The number of aromatic hydroxyl groups is 1. The summed E-state index contributed by atoms with van der Waals surface area (Å²) in [6.07, 6.45) is 2.85. The average Bonchev–Trinajstić information content (AvgIpc) is 3.15. The zero-order valence-corrected chi connectivity index (χ0v) is 21.2. The van der Waals surface area contributed by atoms with Crippen LogP contribution in [0.3, 0.4) is 0 Å². The van der Waals surface area contributed by atoms with Crippen molar-refractivity contribution in [1.82, 2.24) is 9.80 Å². The molecule has 186 valence electrons. The molecule has 7 heteroatoms. The number of carbonyl (C=O) groups excluding carboxylic acids is 4. The Bertz CT molecular complexity index is 1170. The van der Waals surface area contributed by atoms with E-state index in [0.717, 1.165) is 11.1 Å². The fraction of sp³-hybridized carbons (Fsp3) is 0.571. The lowest BCUT2D eigenvalue weighted by atomic mass is 9.57. The molecule has 2 heterocycles. The maximum absolute atomic E-state index is 13.8. The molecule has 3 fully saturated rings. The highest BCUT2D eigenvalue weighted by Gasteiger charge is 2.63. The van der Waals surface area contributed by atoms with E-state index in [1.54, 1.807) is 18.2 Å². The number of benzene rings is 1. The number of nitrogens with zero attached hydrogens (tertiary/aromatic N) is 2. The molecule has 0 aromatic heterocycles. The number of likely N-dealkylation sites (tertiary alicyclic amines) is 2. The summed E-state index contributed by atoms with van der Waals surface area (Å²) < 4.78 is 0. The first-order valence-corrected chi connectivity index (χ1v) is 12.5. The molecule has 0 radical (unpaired) electrons. The highest BCUT2D eigenvalue weighted by Crippen LogP contribution is 2.58. The Morgan fingerprint density at radius 3 is 1.91 bits per heavy atom. The zero-order chi connectivity index (χ0) is 25.6. The number of hydrogen-bond donors (Lipinski definition) is 1. The average molecular weight is 479 g/mol. The molecule has 7 nitrogen and oxygen atoms in total. The van der Waals surface area contributed by atoms with Crippen molar-refractivity contribution >= 4 is 23.6 Å². The monoisotopic (exact) mass is 478 g/mol. The molecule has 0 bridgehead atoms. The van der Waals surface area contributed by atoms with Crippen LogP contribution in [0.15, 0.2) is 35.9 Å². The van der Waals surface area contributed by atoms with Crippen molar-refractivity contribution in [3.63, 3.8) is 0 Å². The van der Waals surface area contributed by atoms with Gasteiger partial charge in [0, 0.05) is 17.0 Å². The van der Waals surface area contributed by atoms with E-state index in [1.807, 2.05) is 53.7 Å². The lowest BCUT2D eigenvalue weighted by Crippen LogP contribution is -2.47. The molecule has 0 spiro atoms. The first-order chi connectivity index (χ1) is 16.2. The van der Waals surface area contributed by atoms with Gasteiger partial charge in [0.1, 0.15) is 5.75 Å². The molecular formula is C28H34N2O5. The fourth-order valence-electron chi connectivity index (χ4n) is 7.00. The smallest absolute Gasteiger partial charge is 0.234 e. The summed E-state index contributed by atoms with van der Waals surface area (Å²) in [4.78, 5) is 57.2. The quantitative estimate of drug-likeness (QED) is 0.491. The summed E-state index contributed by atoms with van der Waals surface area (Å²) in [7, 11) is 0. The normalized spacial score (nSPS) is 33.0. The summed E-state index contributed by atoms with van der Waals surface area (Å²) >= 11 is 0. The van der Waals surface area contributed by atoms with Gasteiger partial charge in [-0.3, -0.25) is 29.0 Å². The predicted molar refractivity (Wildman–Crippen MR) is 129 cm³/mol. The van der Waals surface area contributed by atoms with Crippen LogP contribution < -0.4 is 0 Å². The molecule has 1 saturated carbocycles. The maximum atomic E-state index is 13.8. The molecule has 1 aromatic carbocycles. The Hall–Kier alpha value is -2.96. The third-order valence-electron chi connectivity index (χ3n) is 8.22. The van der Waals surface area contributed by atoms with E-state index in [0.29, 0.717) is 12.8 Å². The van der Waals surface area contributed by atoms with E-state index in [2.05, 4.69) is 0 Å². The van der Waals surface area contributed by atoms with Crippen molar-refractivity contribution in [2.24, 2.45) is 29.6 Å². The van der Waals surface area contributed by atoms with E-state index in [-0.39, 0.29) is 35.3 Å². The summed E-state index contributed by atoms with van der Waals surface area (Å²) in [5, 5.41) is 10.2. The van der Waals surface area contributed by atoms with Crippen molar-refractivity contribution in [3.8, 4) is 5.75 Å². The Labute approximate surface area is 206 Å². The minimum absolute atomic E-state index is 0.0888. The van der Waals surface area contributed by atoms with Gasteiger partial charge in [0.15, 0.2) is 0 Å². The Kier molecular flexibility index (Phi) is 5.10. The molecule has 1 aromatic rings. The number of rotatable bonds is 1. The van der Waals surface area contributed by atoms with Crippen LogP contribution in [0.4, 0.5) is 0 Å². The van der Waals surface area contributed by atoms with Gasteiger partial charge in [-0.05, 0) is 78.0 Å². The standard InChI is InChI=1S/C28H34N2O5/c1-27(2,3)29-23(32)17-11-10-16-18(21(17)25(29)34)13-19-22(20(16)14-8-7-9-15(31)12-14)26(35)30(24(19)33)28(4,5)6/h7-10,12,17-22,31H,11,13H2,1-6H3. The second-order valence-electron chi connectivity index (χ2n) is 12.5. The van der Waals surface area contributed by atoms with E-state index in [9.17, 15) is 24.3 Å². The van der Waals surface area contributed by atoms with Gasteiger partial charge in [0.05, 0.1) is 23.7 Å². The molecule has 2 saturated heterocycles. The van der Waals surface area contributed by atoms with Crippen molar-refractivity contribution in [2.75, 3.05) is 0 Å². The van der Waals surface area contributed by atoms with Gasteiger partial charge in [-0.15, -0.1) is 0 Å². The molecule has 5 rings (SSSR count). The predicted octanol–water partition coefficient (Wildman–Crippen LogP) is 3.63. The fourth-order valence-corrected chi connectivity index (χ4v) is 7.00. The maximum Gasteiger partial charge on any atom is 0.234 e. The molecule has 4 amide bonds. The number of imide groups is 2. The third-order valence-corrected chi connectivity index (χ3v) is 8.22. The van der Waals surface area contributed by atoms with Crippen molar-refractivity contribution in [1.29, 1.82) is 0 Å². The second-order valence-corrected chi connectivity index (χ2v) is 12.5.